The highest BCUT2D eigenvalue weighted by atomic mass is 32.2. The number of hydrogen-bond donors (Lipinski definition) is 1. The Morgan fingerprint density at radius 1 is 1.42 bits per heavy atom. The molecule has 0 radical (unpaired) electrons. The summed E-state index contributed by atoms with van der Waals surface area (Å²) < 4.78 is 29.9. The fourth-order valence-corrected chi connectivity index (χ4v) is 2.92. The van der Waals surface area contributed by atoms with Crippen LogP contribution in [0.4, 0.5) is 0 Å². The fourth-order valence-electron chi connectivity index (χ4n) is 1.73. The van der Waals surface area contributed by atoms with Gasteiger partial charge in [0.1, 0.15) is 5.75 Å². The van der Waals surface area contributed by atoms with Crippen LogP contribution in [0.25, 0.3) is 0 Å². The lowest BCUT2D eigenvalue weighted by molar-refractivity contribution is 0.154. The summed E-state index contributed by atoms with van der Waals surface area (Å²) in [6, 6.07) is 6.98. The smallest absolute Gasteiger partial charge is 0.213 e. The maximum atomic E-state index is 11.8. The minimum Gasteiger partial charge on any atom is -0.497 e. The molecule has 108 valence electrons. The van der Waals surface area contributed by atoms with Gasteiger partial charge in [-0.15, -0.1) is 0 Å². The first-order chi connectivity index (χ1) is 8.90. The first kappa shape index (κ1) is 15.9. The van der Waals surface area contributed by atoms with Crippen molar-refractivity contribution in [1.29, 1.82) is 0 Å². The quantitative estimate of drug-likeness (QED) is 0.823. The number of rotatable bonds is 7. The van der Waals surface area contributed by atoms with Crippen molar-refractivity contribution in [2.24, 2.45) is 0 Å². The van der Waals surface area contributed by atoms with Crippen LogP contribution in [0, 0.1) is 0 Å². The third kappa shape index (κ3) is 4.49. The molecular formula is C13H21NO4S. The lowest BCUT2D eigenvalue weighted by Crippen LogP contribution is -2.32. The molecule has 0 amide bonds. The molecule has 0 aromatic heterocycles. The largest absolute Gasteiger partial charge is 0.497 e. The Kier molecular flexibility index (Phi) is 5.78. The SMILES string of the molecule is CCCS(=O)(=O)N(C)CC(O)c1cccc(OC)c1. The van der Waals surface area contributed by atoms with Gasteiger partial charge in [0.25, 0.3) is 0 Å². The average Bonchev–Trinajstić information content (AvgIpc) is 2.38. The summed E-state index contributed by atoms with van der Waals surface area (Å²) in [5.74, 6) is 0.726. The minimum absolute atomic E-state index is 0.0372. The maximum Gasteiger partial charge on any atom is 0.213 e. The zero-order chi connectivity index (χ0) is 14.5. The van der Waals surface area contributed by atoms with Gasteiger partial charge < -0.3 is 9.84 Å². The first-order valence-electron chi connectivity index (χ1n) is 6.16. The average molecular weight is 287 g/mol. The topological polar surface area (TPSA) is 66.8 Å². The van der Waals surface area contributed by atoms with E-state index in [2.05, 4.69) is 0 Å². The Hall–Kier alpha value is -1.11. The highest BCUT2D eigenvalue weighted by molar-refractivity contribution is 7.89. The molecule has 1 atom stereocenters. The summed E-state index contributed by atoms with van der Waals surface area (Å²) in [5.41, 5.74) is 0.637. The van der Waals surface area contributed by atoms with Crippen molar-refractivity contribution in [2.45, 2.75) is 19.4 Å². The van der Waals surface area contributed by atoms with Crippen LogP contribution in [-0.4, -0.2) is 44.3 Å². The van der Waals surface area contributed by atoms with E-state index in [4.69, 9.17) is 4.74 Å². The van der Waals surface area contributed by atoms with Crippen LogP contribution in [0.2, 0.25) is 0 Å². The second kappa shape index (κ2) is 6.88. The van der Waals surface area contributed by atoms with Gasteiger partial charge in [0, 0.05) is 13.6 Å². The summed E-state index contributed by atoms with van der Waals surface area (Å²) in [5, 5.41) is 10.1. The number of aliphatic hydroxyl groups excluding tert-OH is 1. The number of hydrogen-bond acceptors (Lipinski definition) is 4. The Morgan fingerprint density at radius 2 is 2.11 bits per heavy atom. The van der Waals surface area contributed by atoms with E-state index in [0.29, 0.717) is 17.7 Å². The molecule has 1 aromatic rings. The summed E-state index contributed by atoms with van der Waals surface area (Å²) in [4.78, 5) is 0. The van der Waals surface area contributed by atoms with Crippen molar-refractivity contribution < 1.29 is 18.3 Å². The molecule has 0 saturated heterocycles. The lowest BCUT2D eigenvalue weighted by atomic mass is 10.1. The van der Waals surface area contributed by atoms with Crippen molar-refractivity contribution in [3.05, 3.63) is 29.8 Å². The number of methoxy groups -OCH3 is 1. The molecular weight excluding hydrogens is 266 g/mol. The van der Waals surface area contributed by atoms with E-state index in [1.165, 1.54) is 11.4 Å². The Balaban J connectivity index is 2.76. The molecule has 0 fully saturated rings. The minimum atomic E-state index is -3.29. The van der Waals surface area contributed by atoms with Gasteiger partial charge >= 0.3 is 0 Å². The summed E-state index contributed by atoms with van der Waals surface area (Å²) in [6.07, 6.45) is -0.311. The number of sulfonamides is 1. The molecule has 6 heteroatoms. The molecule has 0 aliphatic heterocycles. The second-order valence-corrected chi connectivity index (χ2v) is 6.58. The van der Waals surface area contributed by atoms with Gasteiger partial charge in [-0.2, -0.15) is 0 Å². The van der Waals surface area contributed by atoms with Crippen LogP contribution < -0.4 is 4.74 Å². The molecule has 0 aliphatic carbocycles. The number of likely N-dealkylation sites (N-methyl/N-ethyl adjacent to an activating group) is 1. The van der Waals surface area contributed by atoms with E-state index >= 15 is 0 Å². The molecule has 1 rings (SSSR count). The van der Waals surface area contributed by atoms with E-state index in [1.807, 2.05) is 6.92 Å². The highest BCUT2D eigenvalue weighted by Gasteiger charge is 2.20. The molecule has 0 spiro atoms. The summed E-state index contributed by atoms with van der Waals surface area (Å²) in [7, 11) is -0.262. The van der Waals surface area contributed by atoms with Crippen LogP contribution in [-0.2, 0) is 10.0 Å². The van der Waals surface area contributed by atoms with Gasteiger partial charge in [-0.1, -0.05) is 19.1 Å². The van der Waals surface area contributed by atoms with Crippen LogP contribution >= 0.6 is 0 Å². The summed E-state index contributed by atoms with van der Waals surface area (Å²) in [6.45, 7) is 1.85. The molecule has 1 N–H and O–H groups in total. The fraction of sp³-hybridized carbons (Fsp3) is 0.538. The van der Waals surface area contributed by atoms with E-state index in [9.17, 15) is 13.5 Å². The zero-order valence-corrected chi connectivity index (χ0v) is 12.4. The number of nitrogens with zero attached hydrogens (tertiary/aromatic N) is 1. The molecule has 0 heterocycles. The molecule has 0 bridgehead atoms. The predicted octanol–water partition coefficient (Wildman–Crippen LogP) is 1.40. The van der Waals surface area contributed by atoms with Gasteiger partial charge in [-0.3, -0.25) is 0 Å². The van der Waals surface area contributed by atoms with Crippen LogP contribution in [0.1, 0.15) is 25.0 Å². The van der Waals surface area contributed by atoms with Crippen LogP contribution in [0.15, 0.2) is 24.3 Å². The zero-order valence-electron chi connectivity index (χ0n) is 11.5. The molecule has 0 aliphatic rings. The van der Waals surface area contributed by atoms with E-state index in [-0.39, 0.29) is 12.3 Å². The number of ether oxygens (including phenoxy) is 1. The van der Waals surface area contributed by atoms with Crippen molar-refractivity contribution in [3.8, 4) is 5.75 Å². The molecule has 1 unspecified atom stereocenters. The summed E-state index contributed by atoms with van der Waals surface area (Å²) >= 11 is 0. The van der Waals surface area contributed by atoms with Gasteiger partial charge in [-0.25, -0.2) is 12.7 Å². The Labute approximate surface area is 114 Å². The monoisotopic (exact) mass is 287 g/mol. The standard InChI is InChI=1S/C13H21NO4S/c1-4-8-19(16,17)14(2)10-13(15)11-6-5-7-12(9-11)18-3/h5-7,9,13,15H,4,8,10H2,1-3H3. The first-order valence-corrected chi connectivity index (χ1v) is 7.77. The normalized spacial score (nSPS) is 13.5. The highest BCUT2D eigenvalue weighted by Crippen LogP contribution is 2.20. The molecule has 1 aromatic carbocycles. The Morgan fingerprint density at radius 3 is 2.68 bits per heavy atom. The molecule has 0 saturated carbocycles. The van der Waals surface area contributed by atoms with E-state index in [1.54, 1.807) is 31.4 Å². The maximum absolute atomic E-state index is 11.8. The lowest BCUT2D eigenvalue weighted by Gasteiger charge is -2.20. The third-order valence-electron chi connectivity index (χ3n) is 2.85. The molecule has 5 nitrogen and oxygen atoms in total. The van der Waals surface area contributed by atoms with Crippen molar-refractivity contribution in [2.75, 3.05) is 26.5 Å². The van der Waals surface area contributed by atoms with E-state index in [0.717, 1.165) is 0 Å². The van der Waals surface area contributed by atoms with Gasteiger partial charge in [0.15, 0.2) is 0 Å². The van der Waals surface area contributed by atoms with Crippen LogP contribution in [0.5, 0.6) is 5.75 Å². The molecule has 19 heavy (non-hydrogen) atoms. The predicted molar refractivity (Wildman–Crippen MR) is 74.7 cm³/mol. The van der Waals surface area contributed by atoms with Crippen molar-refractivity contribution in [3.63, 3.8) is 0 Å². The third-order valence-corrected chi connectivity index (χ3v) is 4.87. The van der Waals surface area contributed by atoms with Crippen LogP contribution in [0.3, 0.4) is 0 Å². The Bertz CT molecular complexity index is 501. The number of aliphatic hydroxyl groups is 1. The van der Waals surface area contributed by atoms with E-state index < -0.39 is 16.1 Å². The van der Waals surface area contributed by atoms with Gasteiger partial charge in [-0.05, 0) is 24.1 Å². The number of benzene rings is 1. The van der Waals surface area contributed by atoms with Crippen molar-refractivity contribution >= 4 is 10.0 Å². The van der Waals surface area contributed by atoms with Gasteiger partial charge in [0.05, 0.1) is 19.0 Å². The van der Waals surface area contributed by atoms with Gasteiger partial charge in [0.2, 0.25) is 10.0 Å². The van der Waals surface area contributed by atoms with Crippen molar-refractivity contribution in [1.82, 2.24) is 4.31 Å². The second-order valence-electron chi connectivity index (χ2n) is 4.39.